The van der Waals surface area contributed by atoms with Crippen LogP contribution in [0.4, 0.5) is 5.82 Å². The summed E-state index contributed by atoms with van der Waals surface area (Å²) in [7, 11) is 0. The van der Waals surface area contributed by atoms with Gasteiger partial charge in [0.25, 0.3) is 0 Å². The summed E-state index contributed by atoms with van der Waals surface area (Å²) in [5.41, 5.74) is 8.68. The SMILES string of the molecule is Nc1ncccc1CN1C[C@H](c2ccc3c(c2)OCO3)[C@H]2[C@@H]1C1CCN2CC1. The average Bonchev–Trinajstić information content (AvgIpc) is 3.36. The van der Waals surface area contributed by atoms with Gasteiger partial charge in [-0.3, -0.25) is 9.80 Å². The minimum Gasteiger partial charge on any atom is -0.454 e. The Kier molecular flexibility index (Phi) is 3.77. The van der Waals surface area contributed by atoms with Crippen molar-refractivity contribution in [1.82, 2.24) is 14.8 Å². The number of piperidine rings is 3. The van der Waals surface area contributed by atoms with Crippen LogP contribution in [0.25, 0.3) is 0 Å². The van der Waals surface area contributed by atoms with Gasteiger partial charge in [-0.1, -0.05) is 12.1 Å². The summed E-state index contributed by atoms with van der Waals surface area (Å²) >= 11 is 0. The van der Waals surface area contributed by atoms with Crippen LogP contribution in [-0.2, 0) is 6.54 Å². The van der Waals surface area contributed by atoms with Crippen molar-refractivity contribution in [3.63, 3.8) is 0 Å². The summed E-state index contributed by atoms with van der Waals surface area (Å²) in [6.45, 7) is 4.73. The van der Waals surface area contributed by atoms with Gasteiger partial charge < -0.3 is 15.2 Å². The Balaban J connectivity index is 1.35. The fourth-order valence-corrected chi connectivity index (χ4v) is 5.96. The van der Waals surface area contributed by atoms with Crippen LogP contribution < -0.4 is 15.2 Å². The van der Waals surface area contributed by atoms with Crippen molar-refractivity contribution in [2.24, 2.45) is 5.92 Å². The predicted octanol–water partition coefficient (Wildman–Crippen LogP) is 2.45. The first-order valence-electron chi connectivity index (χ1n) is 10.3. The Hall–Kier alpha value is -2.31. The van der Waals surface area contributed by atoms with E-state index in [0.29, 0.717) is 30.6 Å². The number of likely N-dealkylation sites (tertiary alicyclic amines) is 1. The molecule has 4 fully saturated rings. The lowest BCUT2D eigenvalue weighted by atomic mass is 9.75. The lowest BCUT2D eigenvalue weighted by Crippen LogP contribution is -2.60. The molecule has 28 heavy (non-hydrogen) atoms. The van der Waals surface area contributed by atoms with Crippen LogP contribution in [0, 0.1) is 5.92 Å². The van der Waals surface area contributed by atoms with Gasteiger partial charge in [-0.2, -0.15) is 0 Å². The summed E-state index contributed by atoms with van der Waals surface area (Å²) in [4.78, 5) is 9.70. The second-order valence-corrected chi connectivity index (χ2v) is 8.55. The number of rotatable bonds is 3. The van der Waals surface area contributed by atoms with Crippen LogP contribution in [0.2, 0.25) is 0 Å². The maximum absolute atomic E-state index is 6.17. The highest BCUT2D eigenvalue weighted by Gasteiger charge is 2.53. The van der Waals surface area contributed by atoms with Gasteiger partial charge in [-0.25, -0.2) is 4.98 Å². The number of benzene rings is 1. The van der Waals surface area contributed by atoms with Crippen molar-refractivity contribution in [3.05, 3.63) is 47.7 Å². The first-order valence-corrected chi connectivity index (χ1v) is 10.3. The van der Waals surface area contributed by atoms with Crippen molar-refractivity contribution in [2.75, 3.05) is 32.2 Å². The number of ether oxygens (including phenoxy) is 2. The number of fused-ring (bicyclic) bond motifs is 3. The van der Waals surface area contributed by atoms with Crippen molar-refractivity contribution in [3.8, 4) is 11.5 Å². The molecule has 0 aliphatic carbocycles. The van der Waals surface area contributed by atoms with E-state index in [-0.39, 0.29) is 0 Å². The number of pyridine rings is 1. The molecule has 2 bridgehead atoms. The zero-order valence-corrected chi connectivity index (χ0v) is 16.0. The summed E-state index contributed by atoms with van der Waals surface area (Å²) in [6.07, 6.45) is 4.40. The van der Waals surface area contributed by atoms with Crippen LogP contribution in [0.5, 0.6) is 11.5 Å². The van der Waals surface area contributed by atoms with Gasteiger partial charge in [0.15, 0.2) is 11.5 Å². The van der Waals surface area contributed by atoms with Crippen LogP contribution in [0.1, 0.15) is 29.9 Å². The first kappa shape index (κ1) is 16.6. The molecule has 4 saturated heterocycles. The predicted molar refractivity (Wildman–Crippen MR) is 106 cm³/mol. The van der Waals surface area contributed by atoms with E-state index in [4.69, 9.17) is 15.2 Å². The molecule has 3 atom stereocenters. The normalized spacial score (nSPS) is 33.2. The van der Waals surface area contributed by atoms with E-state index >= 15 is 0 Å². The summed E-state index contributed by atoms with van der Waals surface area (Å²) in [5.74, 6) is 3.68. The van der Waals surface area contributed by atoms with E-state index in [1.807, 2.05) is 6.07 Å². The van der Waals surface area contributed by atoms with E-state index in [1.54, 1.807) is 6.20 Å². The Morgan fingerprint density at radius 1 is 1.07 bits per heavy atom. The molecular formula is C22H26N4O2. The van der Waals surface area contributed by atoms with Crippen LogP contribution >= 0.6 is 0 Å². The molecule has 0 spiro atoms. The molecule has 6 heteroatoms. The van der Waals surface area contributed by atoms with Gasteiger partial charge in [0.2, 0.25) is 6.79 Å². The van der Waals surface area contributed by atoms with Crippen molar-refractivity contribution in [1.29, 1.82) is 0 Å². The van der Waals surface area contributed by atoms with Crippen molar-refractivity contribution < 1.29 is 9.47 Å². The quantitative estimate of drug-likeness (QED) is 0.885. The third-order valence-electron chi connectivity index (χ3n) is 7.22. The van der Waals surface area contributed by atoms with Gasteiger partial charge in [-0.15, -0.1) is 0 Å². The Bertz CT molecular complexity index is 896. The Morgan fingerprint density at radius 2 is 1.93 bits per heavy atom. The van der Waals surface area contributed by atoms with Crippen LogP contribution in [0.15, 0.2) is 36.5 Å². The summed E-state index contributed by atoms with van der Waals surface area (Å²) in [6, 6.07) is 11.8. The van der Waals surface area contributed by atoms with E-state index in [2.05, 4.69) is 39.0 Å². The fourth-order valence-electron chi connectivity index (χ4n) is 5.96. The molecule has 5 aliphatic rings. The molecule has 1 aromatic carbocycles. The Labute approximate surface area is 165 Å². The second kappa shape index (κ2) is 6.36. The lowest BCUT2D eigenvalue weighted by Gasteiger charge is -2.51. The molecule has 0 amide bonds. The molecule has 2 aromatic rings. The molecule has 6 nitrogen and oxygen atoms in total. The minimum absolute atomic E-state index is 0.329. The molecule has 1 aromatic heterocycles. The molecular weight excluding hydrogens is 352 g/mol. The van der Waals surface area contributed by atoms with Gasteiger partial charge in [0.1, 0.15) is 5.82 Å². The van der Waals surface area contributed by atoms with E-state index in [9.17, 15) is 0 Å². The number of nitrogens with zero attached hydrogens (tertiary/aromatic N) is 3. The van der Waals surface area contributed by atoms with Gasteiger partial charge in [0.05, 0.1) is 0 Å². The molecule has 2 N–H and O–H groups in total. The molecule has 0 unspecified atom stereocenters. The molecule has 0 radical (unpaired) electrons. The number of hydrogen-bond donors (Lipinski definition) is 1. The first-order chi connectivity index (χ1) is 13.8. The molecule has 7 rings (SSSR count). The Morgan fingerprint density at radius 3 is 2.79 bits per heavy atom. The lowest BCUT2D eigenvalue weighted by molar-refractivity contribution is -0.00866. The summed E-state index contributed by atoms with van der Waals surface area (Å²) in [5, 5.41) is 0. The van der Waals surface area contributed by atoms with E-state index < -0.39 is 0 Å². The molecule has 0 saturated carbocycles. The van der Waals surface area contributed by atoms with E-state index in [0.717, 1.165) is 36.1 Å². The van der Waals surface area contributed by atoms with Gasteiger partial charge >= 0.3 is 0 Å². The zero-order valence-electron chi connectivity index (χ0n) is 16.0. The highest BCUT2D eigenvalue weighted by molar-refractivity contribution is 5.46. The largest absolute Gasteiger partial charge is 0.454 e. The van der Waals surface area contributed by atoms with E-state index in [1.165, 1.54) is 31.5 Å². The van der Waals surface area contributed by atoms with Crippen molar-refractivity contribution in [2.45, 2.75) is 37.4 Å². The average molecular weight is 378 g/mol. The van der Waals surface area contributed by atoms with Gasteiger partial charge in [0, 0.05) is 42.9 Å². The van der Waals surface area contributed by atoms with Crippen LogP contribution in [-0.4, -0.2) is 53.3 Å². The minimum atomic E-state index is 0.329. The number of anilines is 1. The number of aromatic nitrogens is 1. The monoisotopic (exact) mass is 378 g/mol. The maximum Gasteiger partial charge on any atom is 0.231 e. The third-order valence-corrected chi connectivity index (χ3v) is 7.22. The molecule has 146 valence electrons. The standard InChI is InChI=1S/C22H26N4O2/c23-22-16(2-1-7-24-22)11-26-12-17(15-3-4-18-19(10-15)28-13-27-18)21-20(26)14-5-8-25(21)9-6-14/h1-4,7,10,14,17,20-21H,5-6,8-9,11-13H2,(H2,23,24)/t17-,20+,21+/m1/s1. The second-order valence-electron chi connectivity index (χ2n) is 8.55. The number of nitrogen functional groups attached to an aromatic ring is 1. The fraction of sp³-hybridized carbons (Fsp3) is 0.500. The summed E-state index contributed by atoms with van der Waals surface area (Å²) < 4.78 is 11.2. The zero-order chi connectivity index (χ0) is 18.7. The van der Waals surface area contributed by atoms with Crippen molar-refractivity contribution >= 4 is 5.82 Å². The highest BCUT2D eigenvalue weighted by Crippen LogP contribution is 2.48. The number of hydrogen-bond acceptors (Lipinski definition) is 6. The third kappa shape index (κ3) is 2.51. The highest BCUT2D eigenvalue weighted by atomic mass is 16.7. The maximum atomic E-state index is 6.17. The molecule has 5 aliphatic heterocycles. The topological polar surface area (TPSA) is 63.9 Å². The number of nitrogens with two attached hydrogens (primary N) is 1. The molecule has 6 heterocycles. The van der Waals surface area contributed by atoms with Crippen LogP contribution in [0.3, 0.4) is 0 Å². The van der Waals surface area contributed by atoms with Gasteiger partial charge in [-0.05, 0) is 55.6 Å². The smallest absolute Gasteiger partial charge is 0.231 e.